The zero-order chi connectivity index (χ0) is 16.9. The van der Waals surface area contributed by atoms with E-state index in [0.29, 0.717) is 28.6 Å². The van der Waals surface area contributed by atoms with E-state index in [-0.39, 0.29) is 5.91 Å². The van der Waals surface area contributed by atoms with Crippen LogP contribution in [0.25, 0.3) is 5.69 Å². The summed E-state index contributed by atoms with van der Waals surface area (Å²) in [4.78, 5) is 12.4. The fraction of sp³-hybridized carbons (Fsp3) is 0.118. The maximum absolute atomic E-state index is 12.4. The molecule has 2 aromatic carbocycles. The molecule has 0 atom stereocenters. The molecule has 122 valence electrons. The largest absolute Gasteiger partial charge is 0.352 e. The van der Waals surface area contributed by atoms with Crippen LogP contribution in [0.4, 0.5) is 0 Å². The number of aromatic nitrogens is 3. The first-order valence-corrected chi connectivity index (χ1v) is 8.06. The van der Waals surface area contributed by atoms with Crippen molar-refractivity contribution in [3.8, 4) is 5.69 Å². The summed E-state index contributed by atoms with van der Waals surface area (Å²) in [7, 11) is 0. The zero-order valence-corrected chi connectivity index (χ0v) is 14.1. The monoisotopic (exact) mass is 360 g/mol. The van der Waals surface area contributed by atoms with Gasteiger partial charge in [0, 0.05) is 17.3 Å². The second-order valence-corrected chi connectivity index (χ2v) is 6.01. The van der Waals surface area contributed by atoms with Gasteiger partial charge in [-0.3, -0.25) is 9.36 Å². The van der Waals surface area contributed by atoms with E-state index >= 15 is 0 Å². The van der Waals surface area contributed by atoms with Gasteiger partial charge < -0.3 is 5.32 Å². The van der Waals surface area contributed by atoms with E-state index < -0.39 is 0 Å². The molecule has 5 nitrogen and oxygen atoms in total. The Bertz CT molecular complexity index is 832. The third-order valence-corrected chi connectivity index (χ3v) is 4.11. The van der Waals surface area contributed by atoms with Gasteiger partial charge in [-0.25, -0.2) is 0 Å². The van der Waals surface area contributed by atoms with Gasteiger partial charge in [-0.05, 0) is 42.3 Å². The number of halogens is 2. The van der Waals surface area contributed by atoms with Crippen molar-refractivity contribution in [1.82, 2.24) is 20.1 Å². The molecule has 24 heavy (non-hydrogen) atoms. The van der Waals surface area contributed by atoms with Crippen molar-refractivity contribution in [2.45, 2.75) is 6.42 Å². The van der Waals surface area contributed by atoms with E-state index in [2.05, 4.69) is 15.5 Å². The maximum atomic E-state index is 12.4. The van der Waals surface area contributed by atoms with Crippen LogP contribution < -0.4 is 5.32 Å². The summed E-state index contributed by atoms with van der Waals surface area (Å²) in [6, 6.07) is 12.7. The van der Waals surface area contributed by atoms with Crippen molar-refractivity contribution < 1.29 is 4.79 Å². The minimum absolute atomic E-state index is 0.219. The second kappa shape index (κ2) is 7.47. The predicted molar refractivity (Wildman–Crippen MR) is 93.9 cm³/mol. The molecule has 1 amide bonds. The summed E-state index contributed by atoms with van der Waals surface area (Å²) in [5.41, 5.74) is 2.29. The van der Waals surface area contributed by atoms with E-state index in [1.165, 1.54) is 0 Å². The maximum Gasteiger partial charge on any atom is 0.252 e. The van der Waals surface area contributed by atoms with E-state index in [0.717, 1.165) is 11.3 Å². The first-order valence-electron chi connectivity index (χ1n) is 7.30. The third-order valence-electron chi connectivity index (χ3n) is 3.52. The molecule has 1 heterocycles. The van der Waals surface area contributed by atoms with Crippen molar-refractivity contribution in [3.63, 3.8) is 0 Å². The number of carbonyl (C=O) groups is 1. The van der Waals surface area contributed by atoms with Gasteiger partial charge in [0.25, 0.3) is 5.91 Å². The highest BCUT2D eigenvalue weighted by atomic mass is 35.5. The van der Waals surface area contributed by atoms with Crippen LogP contribution in [0.2, 0.25) is 10.0 Å². The van der Waals surface area contributed by atoms with Gasteiger partial charge in [0.2, 0.25) is 0 Å². The number of nitrogens with zero attached hydrogens (tertiary/aromatic N) is 3. The predicted octanol–water partition coefficient (Wildman–Crippen LogP) is 3.55. The van der Waals surface area contributed by atoms with Crippen LogP contribution in [0.3, 0.4) is 0 Å². The molecule has 1 aromatic heterocycles. The third kappa shape index (κ3) is 3.93. The number of nitrogens with one attached hydrogen (secondary N) is 1. The molecule has 0 fully saturated rings. The molecule has 0 bridgehead atoms. The average molecular weight is 361 g/mol. The summed E-state index contributed by atoms with van der Waals surface area (Å²) < 4.78 is 1.71. The molecule has 3 aromatic rings. The van der Waals surface area contributed by atoms with E-state index in [9.17, 15) is 4.79 Å². The quantitative estimate of drug-likeness (QED) is 0.756. The minimum Gasteiger partial charge on any atom is -0.352 e. The highest BCUT2D eigenvalue weighted by Crippen LogP contribution is 2.19. The van der Waals surface area contributed by atoms with Gasteiger partial charge >= 0.3 is 0 Å². The summed E-state index contributed by atoms with van der Waals surface area (Å²) in [5.74, 6) is -0.219. The highest BCUT2D eigenvalue weighted by molar-refractivity contribution is 6.34. The van der Waals surface area contributed by atoms with E-state index in [1.54, 1.807) is 35.4 Å². The molecule has 0 aliphatic carbocycles. The summed E-state index contributed by atoms with van der Waals surface area (Å²) in [5, 5.41) is 11.5. The second-order valence-electron chi connectivity index (χ2n) is 5.17. The number of hydrogen-bond donors (Lipinski definition) is 1. The van der Waals surface area contributed by atoms with Crippen molar-refractivity contribution in [2.75, 3.05) is 6.54 Å². The van der Waals surface area contributed by atoms with E-state index in [1.807, 2.05) is 24.3 Å². The van der Waals surface area contributed by atoms with Gasteiger partial charge in [0.05, 0.1) is 10.6 Å². The lowest BCUT2D eigenvalue weighted by molar-refractivity contribution is 0.0954. The standard InChI is InChI=1S/C17H14Cl2N4O/c18-13-3-1-12(2-4-13)7-8-20-17(24)15-9-14(5-6-16(15)19)23-10-21-22-11-23/h1-6,9-11H,7-8H2,(H,20,24). The summed E-state index contributed by atoms with van der Waals surface area (Å²) >= 11 is 12.0. The summed E-state index contributed by atoms with van der Waals surface area (Å²) in [6.45, 7) is 0.508. The smallest absolute Gasteiger partial charge is 0.252 e. The van der Waals surface area contributed by atoms with Gasteiger partial charge in [0.1, 0.15) is 12.7 Å². The molecule has 0 saturated heterocycles. The molecular formula is C17H14Cl2N4O. The van der Waals surface area contributed by atoms with E-state index in [4.69, 9.17) is 23.2 Å². The van der Waals surface area contributed by atoms with Gasteiger partial charge in [-0.2, -0.15) is 0 Å². The Hall–Kier alpha value is -2.37. The molecule has 0 saturated carbocycles. The van der Waals surface area contributed by atoms with Crippen molar-refractivity contribution >= 4 is 29.1 Å². The molecule has 0 unspecified atom stereocenters. The van der Waals surface area contributed by atoms with Crippen LogP contribution >= 0.6 is 23.2 Å². The Kier molecular flexibility index (Phi) is 5.13. The fourth-order valence-corrected chi connectivity index (χ4v) is 2.58. The lowest BCUT2D eigenvalue weighted by Gasteiger charge is -2.09. The highest BCUT2D eigenvalue weighted by Gasteiger charge is 2.11. The molecular weight excluding hydrogens is 347 g/mol. The molecule has 0 aliphatic rings. The van der Waals surface area contributed by atoms with Gasteiger partial charge in [0.15, 0.2) is 0 Å². The lowest BCUT2D eigenvalue weighted by atomic mass is 10.1. The van der Waals surface area contributed by atoms with Crippen LogP contribution in [0.5, 0.6) is 0 Å². The van der Waals surface area contributed by atoms with Crippen molar-refractivity contribution in [3.05, 3.63) is 76.3 Å². The molecule has 1 N–H and O–H groups in total. The van der Waals surface area contributed by atoms with Crippen LogP contribution in [0, 0.1) is 0 Å². The first kappa shape index (κ1) is 16.5. The van der Waals surface area contributed by atoms with Gasteiger partial charge in [-0.1, -0.05) is 35.3 Å². The van der Waals surface area contributed by atoms with Gasteiger partial charge in [-0.15, -0.1) is 10.2 Å². The van der Waals surface area contributed by atoms with Crippen molar-refractivity contribution in [2.24, 2.45) is 0 Å². The topological polar surface area (TPSA) is 59.8 Å². The molecule has 7 heteroatoms. The average Bonchev–Trinajstić information content (AvgIpc) is 3.11. The number of benzene rings is 2. The Morgan fingerprint density at radius 2 is 1.75 bits per heavy atom. The molecule has 0 radical (unpaired) electrons. The normalized spacial score (nSPS) is 10.6. The Balaban J connectivity index is 1.66. The Morgan fingerprint density at radius 3 is 2.46 bits per heavy atom. The molecule has 0 aliphatic heterocycles. The number of hydrogen-bond acceptors (Lipinski definition) is 3. The van der Waals surface area contributed by atoms with Crippen LogP contribution in [0.1, 0.15) is 15.9 Å². The van der Waals surface area contributed by atoms with Crippen molar-refractivity contribution in [1.29, 1.82) is 0 Å². The number of carbonyl (C=O) groups excluding carboxylic acids is 1. The minimum atomic E-state index is -0.219. The van der Waals surface area contributed by atoms with Crippen LogP contribution in [0.15, 0.2) is 55.1 Å². The Morgan fingerprint density at radius 1 is 1.04 bits per heavy atom. The Labute approximate surface area is 149 Å². The van der Waals surface area contributed by atoms with Crippen LogP contribution in [-0.2, 0) is 6.42 Å². The SMILES string of the molecule is O=C(NCCc1ccc(Cl)cc1)c1cc(-n2cnnc2)ccc1Cl. The zero-order valence-electron chi connectivity index (χ0n) is 12.6. The molecule has 3 rings (SSSR count). The fourth-order valence-electron chi connectivity index (χ4n) is 2.25. The first-order chi connectivity index (χ1) is 11.6. The lowest BCUT2D eigenvalue weighted by Crippen LogP contribution is -2.26. The van der Waals surface area contributed by atoms with Crippen LogP contribution in [-0.4, -0.2) is 27.2 Å². The molecule has 0 spiro atoms. The number of rotatable bonds is 5. The number of amides is 1. The summed E-state index contributed by atoms with van der Waals surface area (Å²) in [6.07, 6.45) is 3.84.